The van der Waals surface area contributed by atoms with E-state index in [0.29, 0.717) is 11.1 Å². The summed E-state index contributed by atoms with van der Waals surface area (Å²) in [5.41, 5.74) is 1.17. The first kappa shape index (κ1) is 8.53. The summed E-state index contributed by atoms with van der Waals surface area (Å²) in [6.07, 6.45) is 1.58. The fourth-order valence-electron chi connectivity index (χ4n) is 0.907. The maximum Gasteiger partial charge on any atom is 0.338 e. The van der Waals surface area contributed by atoms with E-state index in [1.54, 1.807) is 24.3 Å². The molecule has 2 nitrogen and oxygen atoms in total. The molecule has 0 saturated carbocycles. The minimum atomic E-state index is -0.359. The van der Waals surface area contributed by atoms with Crippen molar-refractivity contribution in [3.05, 3.63) is 42.0 Å². The van der Waals surface area contributed by atoms with Crippen LogP contribution in [-0.2, 0) is 4.74 Å². The Labute approximate surface area is 71.5 Å². The van der Waals surface area contributed by atoms with E-state index in [9.17, 15) is 4.79 Å². The van der Waals surface area contributed by atoms with Gasteiger partial charge in [-0.1, -0.05) is 24.8 Å². The molecule has 61 valence electrons. The summed E-state index contributed by atoms with van der Waals surface area (Å²) in [5.74, 6) is -0.359. The van der Waals surface area contributed by atoms with E-state index in [4.69, 9.17) is 0 Å². The highest BCUT2D eigenvalue weighted by molar-refractivity contribution is 5.93. The third-order valence-corrected chi connectivity index (χ3v) is 1.50. The van der Waals surface area contributed by atoms with Crippen LogP contribution >= 0.6 is 0 Å². The predicted molar refractivity (Wildman–Crippen MR) is 46.7 cm³/mol. The van der Waals surface area contributed by atoms with Gasteiger partial charge in [0.15, 0.2) is 0 Å². The highest BCUT2D eigenvalue weighted by Gasteiger charge is 2.07. The first-order valence-corrected chi connectivity index (χ1v) is 3.51. The van der Waals surface area contributed by atoms with Crippen LogP contribution in [0.2, 0.25) is 0 Å². The summed E-state index contributed by atoms with van der Waals surface area (Å²) >= 11 is 0. The number of rotatable bonds is 2. The molecule has 12 heavy (non-hydrogen) atoms. The van der Waals surface area contributed by atoms with Crippen LogP contribution in [0.1, 0.15) is 15.9 Å². The number of carbonyl (C=O) groups excluding carboxylic acids is 1. The van der Waals surface area contributed by atoms with Crippen molar-refractivity contribution in [2.45, 2.75) is 0 Å². The lowest BCUT2D eigenvalue weighted by atomic mass is 10.1. The normalized spacial score (nSPS) is 9.08. The van der Waals surface area contributed by atoms with E-state index in [2.05, 4.69) is 17.4 Å². The Kier molecular flexibility index (Phi) is 2.64. The van der Waals surface area contributed by atoms with Crippen LogP contribution in [0.3, 0.4) is 0 Å². The van der Waals surface area contributed by atoms with Gasteiger partial charge in [0.1, 0.15) is 0 Å². The lowest BCUT2D eigenvalue weighted by molar-refractivity contribution is 0.0600. The van der Waals surface area contributed by atoms with Crippen molar-refractivity contribution in [1.82, 2.24) is 0 Å². The van der Waals surface area contributed by atoms with Gasteiger partial charge in [-0.25, -0.2) is 4.79 Å². The summed E-state index contributed by atoms with van der Waals surface area (Å²) in [6.45, 7) is 3.57. The highest BCUT2D eigenvalue weighted by atomic mass is 16.5. The number of esters is 1. The smallest absolute Gasteiger partial charge is 0.338 e. The van der Waals surface area contributed by atoms with E-state index in [1.807, 2.05) is 0 Å². The summed E-state index contributed by atoms with van der Waals surface area (Å²) in [5, 5.41) is 0. The van der Waals surface area contributed by atoms with E-state index in [-0.39, 0.29) is 5.97 Å². The van der Waals surface area contributed by atoms with Crippen molar-refractivity contribution >= 4 is 12.0 Å². The van der Waals surface area contributed by atoms with Crippen LogP contribution < -0.4 is 0 Å². The zero-order chi connectivity index (χ0) is 8.97. The van der Waals surface area contributed by atoms with Crippen molar-refractivity contribution in [1.29, 1.82) is 0 Å². The van der Waals surface area contributed by atoms with Crippen molar-refractivity contribution in [2.75, 3.05) is 7.11 Å². The molecule has 0 bridgehead atoms. The molecule has 0 spiro atoms. The average Bonchev–Trinajstić information content (AvgIpc) is 2.16. The fraction of sp³-hybridized carbons (Fsp3) is 0.100. The van der Waals surface area contributed by atoms with Gasteiger partial charge in [-0.2, -0.15) is 0 Å². The maximum absolute atomic E-state index is 11.1. The molecular weight excluding hydrogens is 152 g/mol. The summed E-state index contributed by atoms with van der Waals surface area (Å²) < 4.78 is 4.57. The molecule has 0 aliphatic rings. The van der Waals surface area contributed by atoms with E-state index in [0.717, 1.165) is 0 Å². The third-order valence-electron chi connectivity index (χ3n) is 1.50. The second-order valence-electron chi connectivity index (χ2n) is 2.19. The molecule has 0 unspecified atom stereocenters. The quantitative estimate of drug-likeness (QED) is 0.619. The van der Waals surface area contributed by atoms with Crippen LogP contribution in [0.4, 0.5) is 0 Å². The summed E-state index contributed by atoms with van der Waals surface area (Å²) in [7, 11) is 1.35. The number of hydrogen-bond acceptors (Lipinski definition) is 2. The van der Waals surface area contributed by atoms with Gasteiger partial charge in [0.25, 0.3) is 0 Å². The van der Waals surface area contributed by atoms with Crippen LogP contribution in [0.25, 0.3) is 6.08 Å². The Morgan fingerprint density at radius 3 is 3.08 bits per heavy atom. The monoisotopic (exact) mass is 161 g/mol. The first-order chi connectivity index (χ1) is 5.79. The van der Waals surface area contributed by atoms with Crippen LogP contribution in [-0.4, -0.2) is 13.1 Å². The SMILES string of the molecule is C=Cc1[c]cccc1C(=O)OC. The van der Waals surface area contributed by atoms with Crippen molar-refractivity contribution < 1.29 is 9.53 Å². The Morgan fingerprint density at radius 2 is 2.50 bits per heavy atom. The van der Waals surface area contributed by atoms with E-state index in [1.165, 1.54) is 7.11 Å². The highest BCUT2D eigenvalue weighted by Crippen LogP contribution is 2.09. The molecule has 0 amide bonds. The molecule has 1 radical (unpaired) electrons. The van der Waals surface area contributed by atoms with E-state index >= 15 is 0 Å². The molecule has 1 aromatic rings. The first-order valence-electron chi connectivity index (χ1n) is 3.51. The summed E-state index contributed by atoms with van der Waals surface area (Å²) in [4.78, 5) is 11.1. The Bertz CT molecular complexity index is 302. The standard InChI is InChI=1S/C10H9O2/c1-3-8-6-4-5-7-9(8)10(11)12-2/h3-5,7H,1H2,2H3. The largest absolute Gasteiger partial charge is 0.465 e. The van der Waals surface area contributed by atoms with Crippen LogP contribution in [0, 0.1) is 6.07 Å². The van der Waals surface area contributed by atoms with Crippen LogP contribution in [0.5, 0.6) is 0 Å². The van der Waals surface area contributed by atoms with Gasteiger partial charge in [0, 0.05) is 0 Å². The molecule has 0 saturated heterocycles. The minimum absolute atomic E-state index is 0.359. The molecule has 0 aromatic heterocycles. The number of carbonyl (C=O) groups is 1. The second-order valence-corrected chi connectivity index (χ2v) is 2.19. The predicted octanol–water partition coefficient (Wildman–Crippen LogP) is 1.92. The Morgan fingerprint density at radius 1 is 1.75 bits per heavy atom. The number of hydrogen-bond donors (Lipinski definition) is 0. The molecule has 0 fully saturated rings. The molecule has 0 N–H and O–H groups in total. The van der Waals surface area contributed by atoms with Crippen molar-refractivity contribution in [2.24, 2.45) is 0 Å². The number of methoxy groups -OCH3 is 1. The zero-order valence-electron chi connectivity index (χ0n) is 6.83. The molecule has 1 rings (SSSR count). The molecule has 1 aromatic carbocycles. The lowest BCUT2D eigenvalue weighted by Crippen LogP contribution is -2.02. The van der Waals surface area contributed by atoms with Gasteiger partial charge < -0.3 is 4.74 Å². The third kappa shape index (κ3) is 1.53. The topological polar surface area (TPSA) is 26.3 Å². The molecular formula is C10H9O2. The van der Waals surface area contributed by atoms with E-state index < -0.39 is 0 Å². The maximum atomic E-state index is 11.1. The lowest BCUT2D eigenvalue weighted by Gasteiger charge is -2.01. The Balaban J connectivity index is 3.13. The zero-order valence-corrected chi connectivity index (χ0v) is 6.83. The van der Waals surface area contributed by atoms with Crippen LogP contribution in [0.15, 0.2) is 24.8 Å². The molecule has 0 atom stereocenters. The van der Waals surface area contributed by atoms with Gasteiger partial charge in [-0.3, -0.25) is 0 Å². The second kappa shape index (κ2) is 3.72. The van der Waals surface area contributed by atoms with Gasteiger partial charge in [-0.15, -0.1) is 0 Å². The molecule has 0 aliphatic heterocycles. The average molecular weight is 161 g/mol. The molecule has 2 heteroatoms. The van der Waals surface area contributed by atoms with Gasteiger partial charge >= 0.3 is 5.97 Å². The fourth-order valence-corrected chi connectivity index (χ4v) is 0.907. The summed E-state index contributed by atoms with van der Waals surface area (Å²) in [6, 6.07) is 8.02. The van der Waals surface area contributed by atoms with Gasteiger partial charge in [-0.05, 0) is 17.7 Å². The Hall–Kier alpha value is -1.57. The van der Waals surface area contributed by atoms with Crippen molar-refractivity contribution in [3.8, 4) is 0 Å². The number of benzene rings is 1. The number of ether oxygens (including phenoxy) is 1. The van der Waals surface area contributed by atoms with Gasteiger partial charge in [0.2, 0.25) is 0 Å². The van der Waals surface area contributed by atoms with Crippen molar-refractivity contribution in [3.63, 3.8) is 0 Å². The van der Waals surface area contributed by atoms with Gasteiger partial charge in [0.05, 0.1) is 12.7 Å². The minimum Gasteiger partial charge on any atom is -0.465 e. The molecule has 0 aliphatic carbocycles. The molecule has 0 heterocycles.